The summed E-state index contributed by atoms with van der Waals surface area (Å²) in [6, 6.07) is -0.103. The zero-order chi connectivity index (χ0) is 19.9. The number of carbonyl (C=O) groups excluding carboxylic acids is 2. The summed E-state index contributed by atoms with van der Waals surface area (Å²) >= 11 is 0. The molecular weight excluding hydrogens is 358 g/mol. The lowest BCUT2D eigenvalue weighted by Crippen LogP contribution is -2.61. The number of urea groups is 1. The van der Waals surface area contributed by atoms with Gasteiger partial charge in [0.2, 0.25) is 5.91 Å². The quantitative estimate of drug-likeness (QED) is 0.670. The van der Waals surface area contributed by atoms with E-state index in [2.05, 4.69) is 10.6 Å². The van der Waals surface area contributed by atoms with Gasteiger partial charge in [0.25, 0.3) is 0 Å². The highest BCUT2D eigenvalue weighted by atomic mass is 16.4. The average Bonchev–Trinajstić information content (AvgIpc) is 2.60. The molecule has 0 radical (unpaired) electrons. The van der Waals surface area contributed by atoms with Crippen LogP contribution in [-0.2, 0) is 9.59 Å². The number of rotatable bonds is 5. The van der Waals surface area contributed by atoms with Gasteiger partial charge in [0, 0.05) is 31.1 Å². The zero-order valence-electron chi connectivity index (χ0n) is 16.8. The Balaban J connectivity index is 1.23. The third-order valence-electron chi connectivity index (χ3n) is 7.59. The largest absolute Gasteiger partial charge is 0.481 e. The van der Waals surface area contributed by atoms with E-state index in [1.165, 1.54) is 19.3 Å². The van der Waals surface area contributed by atoms with E-state index in [9.17, 15) is 19.5 Å². The van der Waals surface area contributed by atoms with Gasteiger partial charge < -0.3 is 20.6 Å². The average molecular weight is 392 g/mol. The lowest BCUT2D eigenvalue weighted by Gasteiger charge is -2.56. The van der Waals surface area contributed by atoms with Crippen LogP contribution in [0.4, 0.5) is 4.79 Å². The predicted molar refractivity (Wildman–Crippen MR) is 104 cm³/mol. The Morgan fingerprint density at radius 2 is 1.64 bits per heavy atom. The standard InChI is InChI=1S/C21H33N3O4/c1-13-2-3-17(19(26)27)12-24(13)18(25)4-5-22-20(28)23-21-9-14-6-15(10-21)8-16(7-14)11-21/h13-17H,2-12H2,1H3,(H,26,27)(H2,22,23,28). The number of nitrogens with one attached hydrogen (secondary N) is 2. The van der Waals surface area contributed by atoms with Crippen molar-refractivity contribution in [3.63, 3.8) is 0 Å². The van der Waals surface area contributed by atoms with Crippen LogP contribution in [0, 0.1) is 23.7 Å². The van der Waals surface area contributed by atoms with Gasteiger partial charge >= 0.3 is 12.0 Å². The Hall–Kier alpha value is -1.79. The fourth-order valence-electron chi connectivity index (χ4n) is 6.63. The van der Waals surface area contributed by atoms with Crippen LogP contribution in [0.1, 0.15) is 64.7 Å². The van der Waals surface area contributed by atoms with Gasteiger partial charge in [-0.15, -0.1) is 0 Å². The number of nitrogens with zero attached hydrogens (tertiary/aromatic N) is 1. The van der Waals surface area contributed by atoms with Gasteiger partial charge in [-0.3, -0.25) is 9.59 Å². The maximum atomic E-state index is 12.5. The van der Waals surface area contributed by atoms with Crippen molar-refractivity contribution in [3.05, 3.63) is 0 Å². The van der Waals surface area contributed by atoms with Gasteiger partial charge in [-0.1, -0.05) is 0 Å². The van der Waals surface area contributed by atoms with Gasteiger partial charge in [-0.05, 0) is 76.0 Å². The van der Waals surface area contributed by atoms with Crippen LogP contribution in [-0.4, -0.2) is 52.6 Å². The predicted octanol–water partition coefficient (Wildman–Crippen LogP) is 2.36. The minimum Gasteiger partial charge on any atom is -0.481 e. The number of hydrogen-bond acceptors (Lipinski definition) is 3. The van der Waals surface area contributed by atoms with E-state index < -0.39 is 11.9 Å². The van der Waals surface area contributed by atoms with Crippen molar-refractivity contribution in [1.29, 1.82) is 0 Å². The van der Waals surface area contributed by atoms with Gasteiger partial charge in [0.15, 0.2) is 0 Å². The molecule has 2 unspecified atom stereocenters. The summed E-state index contributed by atoms with van der Waals surface area (Å²) in [4.78, 5) is 37.9. The Morgan fingerprint density at radius 1 is 1.04 bits per heavy atom. The van der Waals surface area contributed by atoms with E-state index in [-0.39, 0.29) is 43.0 Å². The third-order valence-corrected chi connectivity index (χ3v) is 7.59. The summed E-state index contributed by atoms with van der Waals surface area (Å²) in [5, 5.41) is 15.3. The molecule has 1 saturated heterocycles. The molecular formula is C21H33N3O4. The first-order valence-electron chi connectivity index (χ1n) is 10.9. The van der Waals surface area contributed by atoms with Crippen LogP contribution in [0.5, 0.6) is 0 Å². The molecule has 0 aromatic carbocycles. The van der Waals surface area contributed by atoms with Gasteiger partial charge in [0.1, 0.15) is 0 Å². The summed E-state index contributed by atoms with van der Waals surface area (Å²) in [5.74, 6) is 0.932. The smallest absolute Gasteiger partial charge is 0.315 e. The number of carboxylic acid groups (broad SMARTS) is 1. The Bertz CT molecular complexity index is 614. The molecule has 5 rings (SSSR count). The number of carboxylic acids is 1. The molecule has 5 fully saturated rings. The maximum absolute atomic E-state index is 12.5. The second-order valence-electron chi connectivity index (χ2n) is 9.84. The first-order chi connectivity index (χ1) is 13.3. The molecule has 0 aromatic rings. The highest BCUT2D eigenvalue weighted by Crippen LogP contribution is 2.55. The summed E-state index contributed by atoms with van der Waals surface area (Å²) < 4.78 is 0. The van der Waals surface area contributed by atoms with E-state index in [0.717, 1.165) is 37.0 Å². The molecule has 28 heavy (non-hydrogen) atoms. The van der Waals surface area contributed by atoms with Crippen LogP contribution in [0.2, 0.25) is 0 Å². The SMILES string of the molecule is CC1CCC(C(=O)O)CN1C(=O)CCNC(=O)NC12CC3CC(CC(C3)C1)C2. The Labute approximate surface area is 166 Å². The second-order valence-corrected chi connectivity index (χ2v) is 9.84. The number of carbonyl (C=O) groups is 3. The van der Waals surface area contributed by atoms with Crippen molar-refractivity contribution in [2.24, 2.45) is 23.7 Å². The summed E-state index contributed by atoms with van der Waals surface area (Å²) in [7, 11) is 0. The molecule has 4 saturated carbocycles. The van der Waals surface area contributed by atoms with Crippen LogP contribution in [0.15, 0.2) is 0 Å². The van der Waals surface area contributed by atoms with Gasteiger partial charge in [-0.2, -0.15) is 0 Å². The fraction of sp³-hybridized carbons (Fsp3) is 0.857. The van der Waals surface area contributed by atoms with Crippen molar-refractivity contribution in [2.75, 3.05) is 13.1 Å². The minimum absolute atomic E-state index is 0.0288. The van der Waals surface area contributed by atoms with Crippen molar-refractivity contribution in [1.82, 2.24) is 15.5 Å². The second kappa shape index (κ2) is 7.56. The fourth-order valence-corrected chi connectivity index (χ4v) is 6.63. The normalized spacial score (nSPS) is 38.9. The maximum Gasteiger partial charge on any atom is 0.315 e. The highest BCUT2D eigenvalue weighted by molar-refractivity contribution is 5.80. The van der Waals surface area contributed by atoms with Gasteiger partial charge in [-0.25, -0.2) is 4.79 Å². The van der Waals surface area contributed by atoms with Crippen molar-refractivity contribution in [2.45, 2.75) is 76.3 Å². The van der Waals surface area contributed by atoms with E-state index in [1.54, 1.807) is 4.90 Å². The molecule has 4 bridgehead atoms. The molecule has 5 aliphatic rings. The molecule has 7 nitrogen and oxygen atoms in total. The Morgan fingerprint density at radius 3 is 2.21 bits per heavy atom. The van der Waals surface area contributed by atoms with Crippen molar-refractivity contribution < 1.29 is 19.5 Å². The number of aliphatic carboxylic acids is 1. The highest BCUT2D eigenvalue weighted by Gasteiger charge is 2.51. The van der Waals surface area contributed by atoms with E-state index >= 15 is 0 Å². The molecule has 156 valence electrons. The molecule has 0 aromatic heterocycles. The lowest BCUT2D eigenvalue weighted by atomic mass is 9.53. The van der Waals surface area contributed by atoms with E-state index in [0.29, 0.717) is 12.8 Å². The molecule has 7 heteroatoms. The van der Waals surface area contributed by atoms with Crippen molar-refractivity contribution >= 4 is 17.9 Å². The summed E-state index contributed by atoms with van der Waals surface area (Å²) in [5.41, 5.74) is -0.0288. The van der Waals surface area contributed by atoms with Crippen molar-refractivity contribution in [3.8, 4) is 0 Å². The lowest BCUT2D eigenvalue weighted by molar-refractivity contribution is -0.147. The number of likely N-dealkylation sites (tertiary alicyclic amines) is 1. The summed E-state index contributed by atoms with van der Waals surface area (Å²) in [6.45, 7) is 2.52. The monoisotopic (exact) mass is 391 g/mol. The third kappa shape index (κ3) is 3.98. The number of amides is 3. The minimum atomic E-state index is -0.835. The number of hydrogen-bond donors (Lipinski definition) is 3. The summed E-state index contributed by atoms with van der Waals surface area (Å²) in [6.07, 6.45) is 8.86. The van der Waals surface area contributed by atoms with Crippen LogP contribution in [0.25, 0.3) is 0 Å². The van der Waals surface area contributed by atoms with Crippen LogP contribution < -0.4 is 10.6 Å². The van der Waals surface area contributed by atoms with Crippen LogP contribution >= 0.6 is 0 Å². The first-order valence-corrected chi connectivity index (χ1v) is 10.9. The molecule has 3 N–H and O–H groups in total. The number of piperidine rings is 1. The first kappa shape index (κ1) is 19.5. The molecule has 0 spiro atoms. The van der Waals surface area contributed by atoms with E-state index in [4.69, 9.17) is 0 Å². The van der Waals surface area contributed by atoms with Crippen LogP contribution in [0.3, 0.4) is 0 Å². The molecule has 3 amide bonds. The Kier molecular flexibility index (Phi) is 5.27. The van der Waals surface area contributed by atoms with E-state index in [1.807, 2.05) is 6.92 Å². The molecule has 4 aliphatic carbocycles. The molecule has 2 atom stereocenters. The topological polar surface area (TPSA) is 98.7 Å². The molecule has 1 aliphatic heterocycles. The zero-order valence-corrected chi connectivity index (χ0v) is 16.8. The molecule has 1 heterocycles. The van der Waals surface area contributed by atoms with Gasteiger partial charge in [0.05, 0.1) is 5.92 Å².